The number of nitrogens with zero attached hydrogens (tertiary/aromatic N) is 2. The molecule has 110 valence electrons. The van der Waals surface area contributed by atoms with Crippen LogP contribution in [0.15, 0.2) is 39.7 Å². The first-order valence-electron chi connectivity index (χ1n) is 7.16. The Balaban J connectivity index is 0.000000774. The van der Waals surface area contributed by atoms with Crippen LogP contribution in [-0.4, -0.2) is 9.97 Å². The molecule has 0 radical (unpaired) electrons. The molecule has 4 nitrogen and oxygen atoms in total. The van der Waals surface area contributed by atoms with Gasteiger partial charge in [-0.15, -0.1) is 0 Å². The van der Waals surface area contributed by atoms with Crippen LogP contribution in [0.5, 0.6) is 0 Å². The van der Waals surface area contributed by atoms with E-state index >= 15 is 0 Å². The Labute approximate surface area is 123 Å². The molecule has 3 rings (SSSR count). The van der Waals surface area contributed by atoms with Gasteiger partial charge in [-0.1, -0.05) is 34.6 Å². The summed E-state index contributed by atoms with van der Waals surface area (Å²) in [6, 6.07) is 7.58. The normalized spacial score (nSPS) is 11.3. The number of rotatable bonds is 0. The third-order valence-electron chi connectivity index (χ3n) is 3.09. The van der Waals surface area contributed by atoms with Crippen LogP contribution in [-0.2, 0) is 5.41 Å². The quantitative estimate of drug-likeness (QED) is 0.584. The first-order chi connectivity index (χ1) is 9.97. The lowest BCUT2D eigenvalue weighted by atomic mass is 9.89. The van der Waals surface area contributed by atoms with E-state index in [0.717, 1.165) is 22.0 Å². The van der Waals surface area contributed by atoms with Gasteiger partial charge in [0, 0.05) is 22.4 Å². The lowest BCUT2D eigenvalue weighted by Crippen LogP contribution is -2.19. The second-order valence-corrected chi connectivity index (χ2v) is 5.59. The van der Waals surface area contributed by atoms with E-state index in [4.69, 9.17) is 4.42 Å². The number of pyridine rings is 1. The standard InChI is InChI=1S/C15H14N2O2.C2H6/c1-15(2,3)13-10-6-7-11-9(5-4-8-16-11)12(10)19-14(18)17-13;1-2/h4-8H,1-3H3;1-2H3. The third kappa shape index (κ3) is 2.79. The summed E-state index contributed by atoms with van der Waals surface area (Å²) in [6.45, 7) is 10.1. The molecule has 0 fully saturated rings. The zero-order chi connectivity index (χ0) is 15.6. The van der Waals surface area contributed by atoms with E-state index < -0.39 is 5.76 Å². The van der Waals surface area contributed by atoms with Crippen molar-refractivity contribution >= 4 is 21.9 Å². The topological polar surface area (TPSA) is 56.0 Å². The molecule has 21 heavy (non-hydrogen) atoms. The fourth-order valence-corrected chi connectivity index (χ4v) is 2.26. The van der Waals surface area contributed by atoms with Gasteiger partial charge in [0.1, 0.15) is 0 Å². The smallest absolute Gasteiger partial charge is 0.407 e. The molecule has 0 N–H and O–H groups in total. The fraction of sp³-hybridized carbons (Fsp3) is 0.353. The minimum absolute atomic E-state index is 0.218. The molecule has 2 heterocycles. The molecule has 0 bridgehead atoms. The van der Waals surface area contributed by atoms with Gasteiger partial charge in [-0.25, -0.2) is 4.79 Å². The van der Waals surface area contributed by atoms with E-state index in [1.165, 1.54) is 0 Å². The van der Waals surface area contributed by atoms with Crippen LogP contribution in [0.2, 0.25) is 0 Å². The van der Waals surface area contributed by atoms with Gasteiger partial charge in [-0.3, -0.25) is 4.98 Å². The van der Waals surface area contributed by atoms with Crippen molar-refractivity contribution in [3.8, 4) is 0 Å². The van der Waals surface area contributed by atoms with Gasteiger partial charge >= 0.3 is 5.76 Å². The highest BCUT2D eigenvalue weighted by Gasteiger charge is 2.21. The van der Waals surface area contributed by atoms with E-state index in [1.807, 2.05) is 58.9 Å². The lowest BCUT2D eigenvalue weighted by molar-refractivity contribution is 0.500. The molecule has 0 aliphatic rings. The number of aromatic nitrogens is 2. The van der Waals surface area contributed by atoms with Crippen molar-refractivity contribution in [3.05, 3.63) is 46.7 Å². The zero-order valence-corrected chi connectivity index (χ0v) is 13.1. The second-order valence-electron chi connectivity index (χ2n) is 5.59. The molecule has 0 aliphatic heterocycles. The molecule has 0 unspecified atom stereocenters. The third-order valence-corrected chi connectivity index (χ3v) is 3.09. The van der Waals surface area contributed by atoms with Crippen molar-refractivity contribution in [2.45, 2.75) is 40.0 Å². The Bertz CT molecular complexity index is 829. The zero-order valence-electron chi connectivity index (χ0n) is 13.1. The monoisotopic (exact) mass is 284 g/mol. The summed E-state index contributed by atoms with van der Waals surface area (Å²) in [7, 11) is 0. The van der Waals surface area contributed by atoms with E-state index in [9.17, 15) is 4.79 Å². The largest absolute Gasteiger partial charge is 0.439 e. The van der Waals surface area contributed by atoms with Gasteiger partial charge in [0.25, 0.3) is 0 Å². The van der Waals surface area contributed by atoms with Crippen molar-refractivity contribution in [3.63, 3.8) is 0 Å². The maximum atomic E-state index is 11.7. The highest BCUT2D eigenvalue weighted by atomic mass is 16.4. The maximum Gasteiger partial charge on any atom is 0.439 e. The Hall–Kier alpha value is -2.23. The second kappa shape index (κ2) is 5.64. The van der Waals surface area contributed by atoms with Crippen molar-refractivity contribution in [1.29, 1.82) is 0 Å². The average Bonchev–Trinajstić information content (AvgIpc) is 2.47. The molecule has 4 heteroatoms. The van der Waals surface area contributed by atoms with Crippen molar-refractivity contribution in [2.75, 3.05) is 0 Å². The summed E-state index contributed by atoms with van der Waals surface area (Å²) < 4.78 is 5.30. The van der Waals surface area contributed by atoms with E-state index in [0.29, 0.717) is 5.58 Å². The minimum Gasteiger partial charge on any atom is -0.407 e. The van der Waals surface area contributed by atoms with Crippen LogP contribution in [0.1, 0.15) is 40.3 Å². The first-order valence-corrected chi connectivity index (χ1v) is 7.16. The van der Waals surface area contributed by atoms with Gasteiger partial charge in [-0.2, -0.15) is 4.98 Å². The van der Waals surface area contributed by atoms with Gasteiger partial charge in [0.15, 0.2) is 5.58 Å². The van der Waals surface area contributed by atoms with Crippen LogP contribution in [0.3, 0.4) is 0 Å². The molecule has 0 aliphatic carbocycles. The molecule has 3 aromatic rings. The molecule has 2 aromatic heterocycles. The van der Waals surface area contributed by atoms with Crippen molar-refractivity contribution in [2.24, 2.45) is 0 Å². The average molecular weight is 284 g/mol. The number of hydrogen-bond acceptors (Lipinski definition) is 4. The Kier molecular flexibility index (Phi) is 4.07. The number of benzene rings is 1. The maximum absolute atomic E-state index is 11.7. The SMILES string of the molecule is CC.CC(C)(C)c1nc(=O)oc2c1ccc1ncccc12. The Morgan fingerprint density at radius 1 is 1.05 bits per heavy atom. The molecule has 0 saturated carbocycles. The van der Waals surface area contributed by atoms with Crippen molar-refractivity contribution in [1.82, 2.24) is 9.97 Å². The van der Waals surface area contributed by atoms with Crippen molar-refractivity contribution < 1.29 is 4.42 Å². The summed E-state index contributed by atoms with van der Waals surface area (Å²) in [4.78, 5) is 20.0. The van der Waals surface area contributed by atoms with Crippen LogP contribution in [0.4, 0.5) is 0 Å². The molecule has 0 saturated heterocycles. The van der Waals surface area contributed by atoms with Crippen LogP contribution in [0.25, 0.3) is 21.9 Å². The highest BCUT2D eigenvalue weighted by molar-refractivity contribution is 6.03. The lowest BCUT2D eigenvalue weighted by Gasteiger charge is -2.18. The molecule has 1 aromatic carbocycles. The molecular formula is C17H20N2O2. The predicted octanol–water partition coefficient (Wildman–Crippen LogP) is 4.06. The summed E-state index contributed by atoms with van der Waals surface area (Å²) in [5, 5.41) is 1.71. The fourth-order valence-electron chi connectivity index (χ4n) is 2.26. The number of hydrogen-bond donors (Lipinski definition) is 0. The molecule has 0 atom stereocenters. The molecule has 0 amide bonds. The Morgan fingerprint density at radius 2 is 1.76 bits per heavy atom. The Morgan fingerprint density at radius 3 is 2.43 bits per heavy atom. The summed E-state index contributed by atoms with van der Waals surface area (Å²) in [5.41, 5.74) is 1.91. The number of fused-ring (bicyclic) bond motifs is 3. The highest BCUT2D eigenvalue weighted by Crippen LogP contribution is 2.30. The summed E-state index contributed by atoms with van der Waals surface area (Å²) in [5.74, 6) is -0.561. The van der Waals surface area contributed by atoms with Gasteiger partial charge in [0.05, 0.1) is 11.2 Å². The van der Waals surface area contributed by atoms with Gasteiger partial charge < -0.3 is 4.42 Å². The van der Waals surface area contributed by atoms with Gasteiger partial charge in [-0.05, 0) is 24.3 Å². The summed E-state index contributed by atoms with van der Waals surface area (Å²) >= 11 is 0. The van der Waals surface area contributed by atoms with Crippen LogP contribution < -0.4 is 5.76 Å². The molecular weight excluding hydrogens is 264 g/mol. The van der Waals surface area contributed by atoms with E-state index in [1.54, 1.807) is 6.20 Å². The van der Waals surface area contributed by atoms with Crippen LogP contribution in [0, 0.1) is 0 Å². The molecule has 0 spiro atoms. The van der Waals surface area contributed by atoms with Gasteiger partial charge in [0.2, 0.25) is 0 Å². The minimum atomic E-state index is -0.561. The van der Waals surface area contributed by atoms with E-state index in [-0.39, 0.29) is 5.41 Å². The summed E-state index contributed by atoms with van der Waals surface area (Å²) in [6.07, 6.45) is 1.72. The first kappa shape index (κ1) is 15.2. The van der Waals surface area contributed by atoms with Crippen LogP contribution >= 0.6 is 0 Å². The van der Waals surface area contributed by atoms with E-state index in [2.05, 4.69) is 9.97 Å². The predicted molar refractivity (Wildman–Crippen MR) is 85.6 cm³/mol.